The molecule has 0 aliphatic rings. The van der Waals surface area contributed by atoms with E-state index in [4.69, 9.17) is 4.74 Å². The summed E-state index contributed by atoms with van der Waals surface area (Å²) < 4.78 is 32.8. The molecule has 1 N–H and O–H groups in total. The number of amides is 1. The molecule has 2 rings (SSSR count). The van der Waals surface area contributed by atoms with Gasteiger partial charge in [-0.25, -0.2) is 23.5 Å². The molecule has 1 atom stereocenters. The number of nitrogens with zero attached hydrogens (tertiary/aromatic N) is 3. The third kappa shape index (κ3) is 5.43. The number of aliphatic hydroxyl groups is 1. The number of carbonyl (C=O) groups is 1. The molecule has 1 heterocycles. The molecule has 2 aromatic rings. The second-order valence-corrected chi connectivity index (χ2v) is 7.17. The smallest absolute Gasteiger partial charge is 0.416 e. The van der Waals surface area contributed by atoms with Crippen LogP contribution in [-0.2, 0) is 4.74 Å². The lowest BCUT2D eigenvalue weighted by Gasteiger charge is -2.28. The van der Waals surface area contributed by atoms with Crippen LogP contribution < -0.4 is 4.90 Å². The monoisotopic (exact) mass is 429 g/mol. The molecule has 0 saturated carbocycles. The van der Waals surface area contributed by atoms with E-state index in [2.05, 4.69) is 25.9 Å². The molecule has 1 aromatic heterocycles. The van der Waals surface area contributed by atoms with Gasteiger partial charge in [-0.2, -0.15) is 0 Å². The van der Waals surface area contributed by atoms with Crippen LogP contribution in [0.3, 0.4) is 0 Å². The van der Waals surface area contributed by atoms with Crippen LogP contribution in [0.2, 0.25) is 0 Å². The summed E-state index contributed by atoms with van der Waals surface area (Å²) in [6.07, 6.45) is -0.884. The Labute approximate surface area is 158 Å². The lowest BCUT2D eigenvalue weighted by molar-refractivity contribution is 0.0553. The van der Waals surface area contributed by atoms with E-state index in [9.17, 15) is 18.7 Å². The predicted octanol–water partition coefficient (Wildman–Crippen LogP) is 3.99. The quantitative estimate of drug-likeness (QED) is 0.743. The maximum absolute atomic E-state index is 13.9. The fraction of sp³-hybridized carbons (Fsp3) is 0.353. The Morgan fingerprint density at radius 3 is 2.65 bits per heavy atom. The fourth-order valence-corrected chi connectivity index (χ4v) is 2.40. The average molecular weight is 430 g/mol. The number of ether oxygens (including phenoxy) is 1. The lowest BCUT2D eigenvalue weighted by Crippen LogP contribution is -2.40. The van der Waals surface area contributed by atoms with E-state index in [1.807, 2.05) is 0 Å². The highest BCUT2D eigenvalue weighted by Gasteiger charge is 2.28. The van der Waals surface area contributed by atoms with Crippen molar-refractivity contribution in [3.63, 3.8) is 0 Å². The molecule has 0 spiro atoms. The normalized spacial score (nSPS) is 12.6. The number of aromatic nitrogens is 2. The zero-order chi connectivity index (χ0) is 19.5. The number of hydrogen-bond donors (Lipinski definition) is 1. The minimum atomic E-state index is -1.49. The topological polar surface area (TPSA) is 75.5 Å². The maximum Gasteiger partial charge on any atom is 0.416 e. The first-order valence-electron chi connectivity index (χ1n) is 7.69. The Kier molecular flexibility index (Phi) is 6.25. The summed E-state index contributed by atoms with van der Waals surface area (Å²) >= 11 is 3.10. The molecular weight excluding hydrogens is 412 g/mol. The van der Waals surface area contributed by atoms with Gasteiger partial charge < -0.3 is 9.84 Å². The van der Waals surface area contributed by atoms with Gasteiger partial charge in [-0.15, -0.1) is 0 Å². The van der Waals surface area contributed by atoms with Crippen molar-refractivity contribution < 1.29 is 23.4 Å². The summed E-state index contributed by atoms with van der Waals surface area (Å²) in [7, 11) is 0. The Bertz CT molecular complexity index is 799. The van der Waals surface area contributed by atoms with Gasteiger partial charge in [-0.1, -0.05) is 0 Å². The largest absolute Gasteiger partial charge is 0.443 e. The molecule has 0 radical (unpaired) electrons. The highest BCUT2D eigenvalue weighted by molar-refractivity contribution is 9.10. The van der Waals surface area contributed by atoms with E-state index < -0.39 is 36.0 Å². The van der Waals surface area contributed by atoms with Gasteiger partial charge in [0, 0.05) is 11.8 Å². The zero-order valence-electron chi connectivity index (χ0n) is 14.4. The maximum atomic E-state index is 13.9. The number of anilines is 1. The highest BCUT2D eigenvalue weighted by atomic mass is 79.9. The van der Waals surface area contributed by atoms with Crippen LogP contribution in [0.4, 0.5) is 19.4 Å². The first kappa shape index (κ1) is 20.2. The first-order chi connectivity index (χ1) is 12.1. The Hall–Kier alpha value is -2.13. The molecule has 1 aromatic carbocycles. The molecule has 0 aliphatic carbocycles. The van der Waals surface area contributed by atoms with E-state index in [0.717, 1.165) is 23.1 Å². The third-order valence-electron chi connectivity index (χ3n) is 3.17. The van der Waals surface area contributed by atoms with Crippen LogP contribution in [-0.4, -0.2) is 33.3 Å². The van der Waals surface area contributed by atoms with Crippen molar-refractivity contribution in [3.8, 4) is 0 Å². The Morgan fingerprint density at radius 2 is 2.04 bits per heavy atom. The summed E-state index contributed by atoms with van der Waals surface area (Å²) in [4.78, 5) is 21.5. The molecular formula is C17H18BrF2N3O3. The third-order valence-corrected chi connectivity index (χ3v) is 3.56. The molecule has 0 bridgehead atoms. The summed E-state index contributed by atoms with van der Waals surface area (Å²) in [5.74, 6) is -1.35. The molecule has 140 valence electrons. The minimum absolute atomic E-state index is 0.136. The Balaban J connectivity index is 2.34. The number of aliphatic hydroxyl groups excluding tert-OH is 1. The van der Waals surface area contributed by atoms with Crippen molar-refractivity contribution in [1.29, 1.82) is 0 Å². The van der Waals surface area contributed by atoms with Crippen molar-refractivity contribution in [1.82, 2.24) is 9.97 Å². The van der Waals surface area contributed by atoms with E-state index in [1.54, 1.807) is 20.8 Å². The molecule has 26 heavy (non-hydrogen) atoms. The second kappa shape index (κ2) is 8.05. The van der Waals surface area contributed by atoms with Crippen LogP contribution in [0.25, 0.3) is 0 Å². The Morgan fingerprint density at radius 1 is 1.35 bits per heavy atom. The zero-order valence-corrected chi connectivity index (χ0v) is 16.0. The van der Waals surface area contributed by atoms with Gasteiger partial charge in [0.15, 0.2) is 4.73 Å². The van der Waals surface area contributed by atoms with Gasteiger partial charge in [-0.3, -0.25) is 4.90 Å². The lowest BCUT2D eigenvalue weighted by atomic mass is 10.1. The van der Waals surface area contributed by atoms with E-state index in [1.165, 1.54) is 12.3 Å². The van der Waals surface area contributed by atoms with E-state index in [0.29, 0.717) is 0 Å². The fourth-order valence-electron chi connectivity index (χ4n) is 2.10. The van der Waals surface area contributed by atoms with Gasteiger partial charge >= 0.3 is 6.09 Å². The molecule has 6 nitrogen and oxygen atoms in total. The number of rotatable bonds is 4. The van der Waals surface area contributed by atoms with Gasteiger partial charge in [0.05, 0.1) is 6.54 Å². The van der Waals surface area contributed by atoms with Crippen LogP contribution in [0, 0.1) is 11.6 Å². The SMILES string of the molecule is CC(C)(C)OC(=O)N(C[C@H](O)c1cc(F)ccc1F)c1ccnc(Br)n1. The highest BCUT2D eigenvalue weighted by Crippen LogP contribution is 2.24. The second-order valence-electron chi connectivity index (χ2n) is 6.46. The molecule has 1 amide bonds. The van der Waals surface area contributed by atoms with E-state index >= 15 is 0 Å². The summed E-state index contributed by atoms with van der Waals surface area (Å²) in [5.41, 5.74) is -1.07. The average Bonchev–Trinajstić information content (AvgIpc) is 2.52. The number of halogens is 3. The van der Waals surface area contributed by atoms with E-state index in [-0.39, 0.29) is 16.1 Å². The van der Waals surface area contributed by atoms with Gasteiger partial charge in [0.25, 0.3) is 0 Å². The standard InChI is InChI=1S/C17H18BrF2N3O3/c1-17(2,3)26-16(25)23(14-6-7-21-15(18)22-14)9-13(24)11-8-10(19)4-5-12(11)20/h4-8,13,24H,9H2,1-3H3/t13-/m0/s1. The summed E-state index contributed by atoms with van der Waals surface area (Å²) in [5, 5.41) is 10.4. The molecule has 0 saturated heterocycles. The molecule has 9 heteroatoms. The predicted molar refractivity (Wildman–Crippen MR) is 94.6 cm³/mol. The van der Waals surface area contributed by atoms with Crippen LogP contribution in [0.15, 0.2) is 35.2 Å². The van der Waals surface area contributed by atoms with Crippen LogP contribution in [0.1, 0.15) is 32.4 Å². The minimum Gasteiger partial charge on any atom is -0.443 e. The summed E-state index contributed by atoms with van der Waals surface area (Å²) in [6, 6.07) is 4.16. The van der Waals surface area contributed by atoms with Crippen molar-refractivity contribution >= 4 is 27.8 Å². The number of hydrogen-bond acceptors (Lipinski definition) is 5. The van der Waals surface area contributed by atoms with Gasteiger partial charge in [0.2, 0.25) is 0 Å². The van der Waals surface area contributed by atoms with Crippen molar-refractivity contribution in [2.75, 3.05) is 11.4 Å². The first-order valence-corrected chi connectivity index (χ1v) is 8.48. The van der Waals surface area contributed by atoms with Crippen molar-refractivity contribution in [3.05, 3.63) is 52.4 Å². The summed E-state index contributed by atoms with van der Waals surface area (Å²) in [6.45, 7) is 4.66. The van der Waals surface area contributed by atoms with Crippen LogP contribution >= 0.6 is 15.9 Å². The molecule has 0 unspecified atom stereocenters. The van der Waals surface area contributed by atoms with Gasteiger partial charge in [0.1, 0.15) is 29.2 Å². The van der Waals surface area contributed by atoms with Crippen LogP contribution in [0.5, 0.6) is 0 Å². The molecule has 0 aliphatic heterocycles. The van der Waals surface area contributed by atoms with Crippen molar-refractivity contribution in [2.24, 2.45) is 0 Å². The van der Waals surface area contributed by atoms with Crippen molar-refractivity contribution in [2.45, 2.75) is 32.5 Å². The number of benzene rings is 1. The van der Waals surface area contributed by atoms with Gasteiger partial charge in [-0.05, 0) is 61.0 Å². The number of carbonyl (C=O) groups excluding carboxylic acids is 1. The molecule has 0 fully saturated rings.